The molecule has 0 fully saturated rings. The summed E-state index contributed by atoms with van der Waals surface area (Å²) in [4.78, 5) is 0. The van der Waals surface area contributed by atoms with Gasteiger partial charge in [-0.3, -0.25) is 0 Å². The van der Waals surface area contributed by atoms with Gasteiger partial charge < -0.3 is 0 Å². The number of rotatable bonds is 0. The number of hydrogen-bond acceptors (Lipinski definition) is 0. The van der Waals surface area contributed by atoms with E-state index in [-0.39, 0.29) is 0 Å². The second kappa shape index (κ2) is 3.47. The predicted octanol–water partition coefficient (Wildman–Crippen LogP) is 2.62. The van der Waals surface area contributed by atoms with Crippen molar-refractivity contribution in [2.45, 2.75) is 0 Å². The van der Waals surface area contributed by atoms with Gasteiger partial charge in [0.1, 0.15) is 7.85 Å². The molecule has 0 saturated heterocycles. The van der Waals surface area contributed by atoms with E-state index in [0.29, 0.717) is 0 Å². The minimum atomic E-state index is 1.11. The zero-order valence-corrected chi connectivity index (χ0v) is 10.3. The normalized spacial score (nSPS) is 10.6. The monoisotopic (exact) mass is 296 g/mol. The van der Waals surface area contributed by atoms with E-state index in [9.17, 15) is 0 Å². The van der Waals surface area contributed by atoms with E-state index in [1.54, 1.807) is 0 Å². The maximum absolute atomic E-state index is 3.55. The summed E-state index contributed by atoms with van der Waals surface area (Å²) in [7, 11) is 2.13. The topological polar surface area (TPSA) is 0 Å². The van der Waals surface area contributed by atoms with Crippen LogP contribution in [0.4, 0.5) is 0 Å². The van der Waals surface area contributed by atoms with E-state index >= 15 is 0 Å². The molecule has 3 heteroatoms. The highest BCUT2D eigenvalue weighted by atomic mass is 79.9. The number of benzene rings is 2. The van der Waals surface area contributed by atoms with Crippen molar-refractivity contribution >= 4 is 55.9 Å². The second-order valence-corrected chi connectivity index (χ2v) is 4.83. The van der Waals surface area contributed by atoms with Crippen LogP contribution in [0.3, 0.4) is 0 Å². The van der Waals surface area contributed by atoms with Gasteiger partial charge >= 0.3 is 0 Å². The highest BCUT2D eigenvalue weighted by Crippen LogP contribution is 2.26. The summed E-state index contributed by atoms with van der Waals surface area (Å²) in [5, 5.41) is 2.56. The summed E-state index contributed by atoms with van der Waals surface area (Å²) >= 11 is 7.04. The second-order valence-electron chi connectivity index (χ2n) is 3.06. The lowest BCUT2D eigenvalue weighted by molar-refractivity contribution is 1.68. The molecule has 0 aliphatic carbocycles. The molecule has 0 unspecified atom stereocenters. The molecule has 2 aromatic rings. The van der Waals surface area contributed by atoms with E-state index in [0.717, 1.165) is 8.95 Å². The summed E-state index contributed by atoms with van der Waals surface area (Å²) in [6.45, 7) is 0. The molecule has 0 heterocycles. The van der Waals surface area contributed by atoms with Gasteiger partial charge in [0, 0.05) is 8.95 Å². The number of halogens is 2. The molecule has 0 saturated carbocycles. The molecule has 0 radical (unpaired) electrons. The van der Waals surface area contributed by atoms with Crippen molar-refractivity contribution in [2.75, 3.05) is 0 Å². The van der Waals surface area contributed by atoms with E-state index in [1.807, 2.05) is 0 Å². The Bertz CT molecular complexity index is 466. The Morgan fingerprint density at radius 2 is 1.77 bits per heavy atom. The minimum Gasteiger partial charge on any atom is -0.0812 e. The lowest BCUT2D eigenvalue weighted by atomic mass is 9.90. The van der Waals surface area contributed by atoms with Crippen LogP contribution in [0.15, 0.2) is 39.3 Å². The maximum atomic E-state index is 3.55. The molecule has 0 spiro atoms. The third-order valence-electron chi connectivity index (χ3n) is 2.13. The average Bonchev–Trinajstić information content (AvgIpc) is 2.07. The molecular weight excluding hydrogens is 291 g/mol. The average molecular weight is 298 g/mol. The van der Waals surface area contributed by atoms with Gasteiger partial charge in [-0.15, -0.1) is 0 Å². The lowest BCUT2D eigenvalue weighted by Gasteiger charge is -2.04. The Morgan fingerprint density at radius 3 is 2.54 bits per heavy atom. The smallest absolute Gasteiger partial charge is 0.0812 e. The fourth-order valence-corrected chi connectivity index (χ4v) is 2.82. The highest BCUT2D eigenvalue weighted by Gasteiger charge is 2.01. The van der Waals surface area contributed by atoms with Crippen molar-refractivity contribution in [1.29, 1.82) is 0 Å². The van der Waals surface area contributed by atoms with E-state index in [4.69, 9.17) is 0 Å². The first-order chi connectivity index (χ1) is 6.18. The Balaban J connectivity index is 2.94. The first-order valence-corrected chi connectivity index (χ1v) is 5.61. The minimum absolute atomic E-state index is 1.11. The van der Waals surface area contributed by atoms with Gasteiger partial charge in [-0.05, 0) is 22.9 Å². The summed E-state index contributed by atoms with van der Waals surface area (Å²) in [5.74, 6) is 0. The largest absolute Gasteiger partial charge is 0.140 e. The SMILES string of the molecule is Bc1cccc2c(Br)cc(Br)cc12. The standard InChI is InChI=1S/C10H7BBr2/c11-9-3-1-2-7-8(9)4-6(12)5-10(7)13/h1-5H,11H2. The number of fused-ring (bicyclic) bond motifs is 1. The predicted molar refractivity (Wildman–Crippen MR) is 67.5 cm³/mol. The van der Waals surface area contributed by atoms with Gasteiger partial charge in [0.25, 0.3) is 0 Å². The third kappa shape index (κ3) is 1.68. The van der Waals surface area contributed by atoms with Crippen LogP contribution in [0.25, 0.3) is 10.8 Å². The molecule has 13 heavy (non-hydrogen) atoms. The zero-order chi connectivity index (χ0) is 9.42. The summed E-state index contributed by atoms with van der Waals surface area (Å²) < 4.78 is 2.25. The fraction of sp³-hybridized carbons (Fsp3) is 0. The third-order valence-corrected chi connectivity index (χ3v) is 3.24. The Labute approximate surface area is 95.0 Å². The van der Waals surface area contributed by atoms with Gasteiger partial charge in [0.15, 0.2) is 0 Å². The van der Waals surface area contributed by atoms with Crippen LogP contribution in [0.2, 0.25) is 0 Å². The molecule has 2 aromatic carbocycles. The van der Waals surface area contributed by atoms with Crippen molar-refractivity contribution in [2.24, 2.45) is 0 Å². The van der Waals surface area contributed by atoms with Gasteiger partial charge in [-0.1, -0.05) is 55.5 Å². The lowest BCUT2D eigenvalue weighted by Crippen LogP contribution is -2.02. The van der Waals surface area contributed by atoms with Crippen molar-refractivity contribution in [1.82, 2.24) is 0 Å². The van der Waals surface area contributed by atoms with Crippen LogP contribution in [0, 0.1) is 0 Å². The van der Waals surface area contributed by atoms with Crippen molar-refractivity contribution in [3.63, 3.8) is 0 Å². The molecule has 0 nitrogen and oxygen atoms in total. The van der Waals surface area contributed by atoms with Crippen molar-refractivity contribution < 1.29 is 0 Å². The molecule has 0 atom stereocenters. The number of hydrogen-bond donors (Lipinski definition) is 0. The molecule has 0 aliphatic rings. The molecular formula is C10H7BBr2. The van der Waals surface area contributed by atoms with Gasteiger partial charge in [-0.25, -0.2) is 0 Å². The zero-order valence-electron chi connectivity index (χ0n) is 7.14. The quantitative estimate of drug-likeness (QED) is 0.656. The fourth-order valence-electron chi connectivity index (χ4n) is 1.46. The molecule has 0 N–H and O–H groups in total. The Hall–Kier alpha value is -0.275. The van der Waals surface area contributed by atoms with Crippen molar-refractivity contribution in [3.8, 4) is 0 Å². The summed E-state index contributed by atoms with van der Waals surface area (Å²) in [6.07, 6.45) is 0. The molecule has 0 aromatic heterocycles. The highest BCUT2D eigenvalue weighted by molar-refractivity contribution is 9.11. The van der Waals surface area contributed by atoms with Crippen LogP contribution in [-0.2, 0) is 0 Å². The van der Waals surface area contributed by atoms with Gasteiger partial charge in [0.2, 0.25) is 0 Å². The van der Waals surface area contributed by atoms with Crippen LogP contribution in [0.5, 0.6) is 0 Å². The van der Waals surface area contributed by atoms with E-state index < -0.39 is 0 Å². The van der Waals surface area contributed by atoms with Gasteiger partial charge in [-0.2, -0.15) is 0 Å². The van der Waals surface area contributed by atoms with Crippen LogP contribution >= 0.6 is 31.9 Å². The van der Waals surface area contributed by atoms with E-state index in [2.05, 4.69) is 70.0 Å². The molecule has 64 valence electrons. The molecule has 0 aliphatic heterocycles. The summed E-state index contributed by atoms with van der Waals surface area (Å²) in [5.41, 5.74) is 1.31. The van der Waals surface area contributed by atoms with Gasteiger partial charge in [0.05, 0.1) is 0 Å². The first kappa shape index (κ1) is 9.29. The molecule has 2 rings (SSSR count). The Kier molecular flexibility index (Phi) is 2.48. The van der Waals surface area contributed by atoms with Crippen LogP contribution in [-0.4, -0.2) is 7.85 Å². The Morgan fingerprint density at radius 1 is 1.00 bits per heavy atom. The maximum Gasteiger partial charge on any atom is 0.140 e. The van der Waals surface area contributed by atoms with Crippen LogP contribution < -0.4 is 5.46 Å². The molecule has 0 bridgehead atoms. The van der Waals surface area contributed by atoms with E-state index in [1.165, 1.54) is 16.2 Å². The summed E-state index contributed by atoms with van der Waals surface area (Å²) in [6, 6.07) is 10.5. The van der Waals surface area contributed by atoms with Crippen LogP contribution in [0.1, 0.15) is 0 Å². The van der Waals surface area contributed by atoms with Crippen molar-refractivity contribution in [3.05, 3.63) is 39.3 Å². The first-order valence-electron chi connectivity index (χ1n) is 4.03. The molecule has 0 amide bonds.